The third-order valence-corrected chi connectivity index (χ3v) is 3.28. The second-order valence-electron chi connectivity index (χ2n) is 4.76. The molecule has 1 aliphatic heterocycles. The van der Waals surface area contributed by atoms with Gasteiger partial charge in [-0.25, -0.2) is 9.97 Å². The molecule has 2 aromatic heterocycles. The molecule has 0 bridgehead atoms. The number of nitrogens with zero attached hydrogens (tertiary/aromatic N) is 5. The molecule has 112 valence electrons. The molecular formula is C12H12F3N5O. The lowest BCUT2D eigenvalue weighted by molar-refractivity contribution is -0.141. The highest BCUT2D eigenvalue weighted by Gasteiger charge is 2.36. The number of alkyl halides is 3. The van der Waals surface area contributed by atoms with E-state index in [0.29, 0.717) is 18.3 Å². The van der Waals surface area contributed by atoms with Crippen molar-refractivity contribution in [2.24, 2.45) is 0 Å². The summed E-state index contributed by atoms with van der Waals surface area (Å²) in [4.78, 5) is 13.4. The van der Waals surface area contributed by atoms with E-state index in [2.05, 4.69) is 20.1 Å². The first-order valence-electron chi connectivity index (χ1n) is 6.42. The fourth-order valence-electron chi connectivity index (χ4n) is 2.37. The van der Waals surface area contributed by atoms with Crippen molar-refractivity contribution in [3.63, 3.8) is 0 Å². The van der Waals surface area contributed by atoms with Gasteiger partial charge in [0.05, 0.1) is 6.04 Å². The van der Waals surface area contributed by atoms with Gasteiger partial charge in [0.2, 0.25) is 11.8 Å². The number of hydrogen-bond acceptors (Lipinski definition) is 6. The SMILES string of the molecule is Cc1nc([C@@H]2CCCN2c2nccc(C(F)(F)F)n2)no1. The molecule has 2 aromatic rings. The molecule has 0 unspecified atom stereocenters. The molecule has 0 aliphatic carbocycles. The molecule has 1 saturated heterocycles. The van der Waals surface area contributed by atoms with Gasteiger partial charge in [0, 0.05) is 19.7 Å². The van der Waals surface area contributed by atoms with E-state index < -0.39 is 11.9 Å². The molecular weight excluding hydrogens is 287 g/mol. The van der Waals surface area contributed by atoms with Gasteiger partial charge in [-0.05, 0) is 18.9 Å². The first-order valence-corrected chi connectivity index (χ1v) is 6.42. The summed E-state index contributed by atoms with van der Waals surface area (Å²) in [6.07, 6.45) is -1.85. The summed E-state index contributed by atoms with van der Waals surface area (Å²) in [6.45, 7) is 2.22. The molecule has 0 aromatic carbocycles. The average Bonchev–Trinajstić information content (AvgIpc) is 3.06. The van der Waals surface area contributed by atoms with Crippen LogP contribution in [0.25, 0.3) is 0 Å². The summed E-state index contributed by atoms with van der Waals surface area (Å²) < 4.78 is 43.1. The van der Waals surface area contributed by atoms with Crippen LogP contribution in [0.5, 0.6) is 0 Å². The monoisotopic (exact) mass is 299 g/mol. The molecule has 3 rings (SSSR count). The molecule has 1 atom stereocenters. The smallest absolute Gasteiger partial charge is 0.340 e. The van der Waals surface area contributed by atoms with E-state index in [-0.39, 0.29) is 12.0 Å². The maximum Gasteiger partial charge on any atom is 0.433 e. The molecule has 1 aliphatic rings. The molecule has 1 fully saturated rings. The highest BCUT2D eigenvalue weighted by atomic mass is 19.4. The van der Waals surface area contributed by atoms with Crippen molar-refractivity contribution in [3.05, 3.63) is 29.7 Å². The molecule has 0 saturated carbocycles. The summed E-state index contributed by atoms with van der Waals surface area (Å²) >= 11 is 0. The summed E-state index contributed by atoms with van der Waals surface area (Å²) in [5, 5.41) is 3.84. The number of halogens is 3. The van der Waals surface area contributed by atoms with Gasteiger partial charge in [-0.2, -0.15) is 18.2 Å². The van der Waals surface area contributed by atoms with Crippen LogP contribution in [0.1, 0.15) is 36.3 Å². The third kappa shape index (κ3) is 2.67. The van der Waals surface area contributed by atoms with Gasteiger partial charge in [-0.1, -0.05) is 5.16 Å². The van der Waals surface area contributed by atoms with Crippen molar-refractivity contribution in [2.45, 2.75) is 32.0 Å². The summed E-state index contributed by atoms with van der Waals surface area (Å²) in [5.41, 5.74) is -0.956. The molecule has 0 spiro atoms. The lowest BCUT2D eigenvalue weighted by atomic mass is 10.2. The highest BCUT2D eigenvalue weighted by molar-refractivity contribution is 5.35. The quantitative estimate of drug-likeness (QED) is 0.849. The van der Waals surface area contributed by atoms with Crippen LogP contribution in [-0.4, -0.2) is 26.7 Å². The molecule has 6 nitrogen and oxygen atoms in total. The number of anilines is 1. The summed E-state index contributed by atoms with van der Waals surface area (Å²) in [6, 6.07) is 0.596. The van der Waals surface area contributed by atoms with E-state index in [1.54, 1.807) is 11.8 Å². The number of aromatic nitrogens is 4. The van der Waals surface area contributed by atoms with Crippen LogP contribution in [0.3, 0.4) is 0 Å². The van der Waals surface area contributed by atoms with Gasteiger partial charge in [-0.15, -0.1) is 0 Å². The van der Waals surface area contributed by atoms with Crippen molar-refractivity contribution in [3.8, 4) is 0 Å². The van der Waals surface area contributed by atoms with Crippen LogP contribution in [0.4, 0.5) is 19.1 Å². The Labute approximate surface area is 118 Å². The van der Waals surface area contributed by atoms with Crippen LogP contribution in [-0.2, 0) is 6.18 Å². The predicted octanol–water partition coefficient (Wildman–Crippen LogP) is 2.53. The van der Waals surface area contributed by atoms with Gasteiger partial charge in [0.25, 0.3) is 0 Å². The van der Waals surface area contributed by atoms with E-state index in [9.17, 15) is 13.2 Å². The van der Waals surface area contributed by atoms with Crippen molar-refractivity contribution in [2.75, 3.05) is 11.4 Å². The number of rotatable bonds is 2. The van der Waals surface area contributed by atoms with E-state index >= 15 is 0 Å². The zero-order valence-electron chi connectivity index (χ0n) is 11.1. The standard InChI is InChI=1S/C12H12F3N5O/c1-7-17-10(19-21-7)8-3-2-6-20(8)11-16-5-4-9(18-11)12(13,14)15/h4-5,8H,2-3,6H2,1H3/t8-/m0/s1. The van der Waals surface area contributed by atoms with Gasteiger partial charge in [-0.3, -0.25) is 0 Å². The van der Waals surface area contributed by atoms with E-state index in [0.717, 1.165) is 25.1 Å². The second-order valence-corrected chi connectivity index (χ2v) is 4.76. The Hall–Kier alpha value is -2.19. The second kappa shape index (κ2) is 4.97. The van der Waals surface area contributed by atoms with Crippen molar-refractivity contribution < 1.29 is 17.7 Å². The first kappa shape index (κ1) is 13.8. The van der Waals surface area contributed by atoms with Gasteiger partial charge < -0.3 is 9.42 Å². The maximum atomic E-state index is 12.7. The zero-order chi connectivity index (χ0) is 15.0. The van der Waals surface area contributed by atoms with Crippen LogP contribution in [0, 0.1) is 6.92 Å². The lowest BCUT2D eigenvalue weighted by Crippen LogP contribution is -2.26. The minimum absolute atomic E-state index is 0.0368. The van der Waals surface area contributed by atoms with Crippen LogP contribution >= 0.6 is 0 Å². The Morgan fingerprint density at radius 1 is 1.33 bits per heavy atom. The lowest BCUT2D eigenvalue weighted by Gasteiger charge is -2.22. The van der Waals surface area contributed by atoms with Crippen LogP contribution < -0.4 is 4.90 Å². The van der Waals surface area contributed by atoms with E-state index in [1.807, 2.05) is 0 Å². The average molecular weight is 299 g/mol. The minimum atomic E-state index is -4.49. The highest BCUT2D eigenvalue weighted by Crippen LogP contribution is 2.34. The largest absolute Gasteiger partial charge is 0.433 e. The molecule has 21 heavy (non-hydrogen) atoms. The van der Waals surface area contributed by atoms with Gasteiger partial charge in [0.1, 0.15) is 5.69 Å². The zero-order valence-corrected chi connectivity index (χ0v) is 11.1. The van der Waals surface area contributed by atoms with E-state index in [4.69, 9.17) is 4.52 Å². The molecule has 0 radical (unpaired) electrons. The Balaban J connectivity index is 1.92. The molecule has 9 heteroatoms. The number of aryl methyl sites for hydroxylation is 1. The number of hydrogen-bond donors (Lipinski definition) is 0. The van der Waals surface area contributed by atoms with Crippen molar-refractivity contribution >= 4 is 5.95 Å². The Bertz CT molecular complexity index is 642. The third-order valence-electron chi connectivity index (χ3n) is 3.28. The maximum absolute atomic E-state index is 12.7. The van der Waals surface area contributed by atoms with Gasteiger partial charge >= 0.3 is 6.18 Å². The predicted molar refractivity (Wildman–Crippen MR) is 65.4 cm³/mol. The summed E-state index contributed by atoms with van der Waals surface area (Å²) in [7, 11) is 0. The van der Waals surface area contributed by atoms with Crippen LogP contribution in [0.15, 0.2) is 16.8 Å². The fraction of sp³-hybridized carbons (Fsp3) is 0.500. The minimum Gasteiger partial charge on any atom is -0.340 e. The van der Waals surface area contributed by atoms with Crippen molar-refractivity contribution in [1.82, 2.24) is 20.1 Å². The normalized spacial score (nSPS) is 19.2. The Morgan fingerprint density at radius 2 is 2.14 bits per heavy atom. The topological polar surface area (TPSA) is 67.9 Å². The van der Waals surface area contributed by atoms with Crippen molar-refractivity contribution in [1.29, 1.82) is 0 Å². The Kier molecular flexibility index (Phi) is 3.26. The Morgan fingerprint density at radius 3 is 2.81 bits per heavy atom. The van der Waals surface area contributed by atoms with Crippen LogP contribution in [0.2, 0.25) is 0 Å². The molecule has 0 N–H and O–H groups in total. The fourth-order valence-corrected chi connectivity index (χ4v) is 2.37. The first-order chi connectivity index (χ1) is 9.95. The van der Waals surface area contributed by atoms with Gasteiger partial charge in [0.15, 0.2) is 5.82 Å². The molecule has 0 amide bonds. The summed E-state index contributed by atoms with van der Waals surface area (Å²) in [5.74, 6) is 0.905. The van der Waals surface area contributed by atoms with E-state index in [1.165, 1.54) is 0 Å². The molecule has 3 heterocycles.